The van der Waals surface area contributed by atoms with Crippen LogP contribution in [0.2, 0.25) is 0 Å². The molecule has 2 rings (SSSR count). The van der Waals surface area contributed by atoms with Crippen LogP contribution in [0.5, 0.6) is 5.88 Å². The van der Waals surface area contributed by atoms with Crippen LogP contribution in [-0.4, -0.2) is 45.8 Å². The van der Waals surface area contributed by atoms with Gasteiger partial charge < -0.3 is 15.2 Å². The van der Waals surface area contributed by atoms with Crippen LogP contribution < -0.4 is 10.1 Å². The van der Waals surface area contributed by atoms with Gasteiger partial charge in [0.1, 0.15) is 11.7 Å². The van der Waals surface area contributed by atoms with Gasteiger partial charge in [-0.2, -0.15) is 11.8 Å². The fourth-order valence-electron chi connectivity index (χ4n) is 1.84. The third-order valence-electron chi connectivity index (χ3n) is 3.03. The van der Waals surface area contributed by atoms with Crippen molar-refractivity contribution in [3.63, 3.8) is 0 Å². The second-order valence-electron chi connectivity index (χ2n) is 5.46. The van der Waals surface area contributed by atoms with E-state index in [4.69, 9.17) is 4.74 Å². The molecule has 0 bridgehead atoms. The minimum absolute atomic E-state index is 0.118. The molecular formula is C14H20N2O3S. The van der Waals surface area contributed by atoms with Crippen LogP contribution in [0.3, 0.4) is 0 Å². The van der Waals surface area contributed by atoms with Crippen molar-refractivity contribution in [1.29, 1.82) is 0 Å². The summed E-state index contributed by atoms with van der Waals surface area (Å²) in [4.78, 5) is 16.4. The molecule has 0 saturated carbocycles. The molecule has 1 aliphatic heterocycles. The number of amides is 1. The summed E-state index contributed by atoms with van der Waals surface area (Å²) in [5.74, 6) is 2.10. The minimum atomic E-state index is -0.673. The molecule has 1 fully saturated rings. The fraction of sp³-hybridized carbons (Fsp3) is 0.571. The normalized spacial score (nSPS) is 18.9. The molecule has 2 heterocycles. The van der Waals surface area contributed by atoms with E-state index in [1.165, 1.54) is 0 Å². The van der Waals surface area contributed by atoms with Crippen molar-refractivity contribution in [2.45, 2.75) is 31.9 Å². The van der Waals surface area contributed by atoms with Crippen LogP contribution in [0.25, 0.3) is 0 Å². The molecule has 2 N–H and O–H groups in total. The van der Waals surface area contributed by atoms with Crippen molar-refractivity contribution in [1.82, 2.24) is 10.3 Å². The van der Waals surface area contributed by atoms with E-state index < -0.39 is 5.54 Å². The number of thioether (sulfide) groups is 1. The summed E-state index contributed by atoms with van der Waals surface area (Å²) in [6.45, 7) is 3.39. The molecule has 0 aromatic carbocycles. The number of ether oxygens (including phenoxy) is 1. The van der Waals surface area contributed by atoms with Gasteiger partial charge in [0, 0.05) is 11.9 Å². The molecule has 1 atom stereocenters. The van der Waals surface area contributed by atoms with Gasteiger partial charge in [0.05, 0.1) is 12.1 Å². The van der Waals surface area contributed by atoms with Crippen LogP contribution in [0.1, 0.15) is 30.6 Å². The number of pyridine rings is 1. The second kappa shape index (κ2) is 6.45. The number of nitrogens with one attached hydrogen (secondary N) is 1. The fourth-order valence-corrected chi connectivity index (χ4v) is 2.93. The topological polar surface area (TPSA) is 71.5 Å². The largest absolute Gasteiger partial charge is 0.473 e. The average molecular weight is 296 g/mol. The van der Waals surface area contributed by atoms with E-state index >= 15 is 0 Å². The molecule has 1 saturated heterocycles. The number of nitrogens with zero attached hydrogens (tertiary/aromatic N) is 1. The number of carbonyl (C=O) groups is 1. The van der Waals surface area contributed by atoms with Crippen molar-refractivity contribution in [2.24, 2.45) is 0 Å². The lowest BCUT2D eigenvalue weighted by atomic mass is 10.1. The van der Waals surface area contributed by atoms with Crippen LogP contribution in [-0.2, 0) is 0 Å². The quantitative estimate of drug-likeness (QED) is 0.861. The van der Waals surface area contributed by atoms with Crippen molar-refractivity contribution in [3.05, 3.63) is 23.9 Å². The zero-order valence-corrected chi connectivity index (χ0v) is 12.6. The van der Waals surface area contributed by atoms with Gasteiger partial charge in [0.2, 0.25) is 5.88 Å². The molecule has 5 nitrogen and oxygen atoms in total. The summed E-state index contributed by atoms with van der Waals surface area (Å²) in [6, 6.07) is 3.39. The summed E-state index contributed by atoms with van der Waals surface area (Å²) in [5.41, 5.74) is -0.265. The standard InChI is InChI=1S/C14H20N2O3S/c1-14(2,9-17)16-12(18)11-4-3-6-15-13(11)19-10-5-7-20-8-10/h3-4,6,10,17H,5,7-9H2,1-2H3,(H,16,18)/t10-/m1/s1. The summed E-state index contributed by atoms with van der Waals surface area (Å²) in [5, 5.41) is 12.0. The minimum Gasteiger partial charge on any atom is -0.473 e. The maximum Gasteiger partial charge on any atom is 0.257 e. The van der Waals surface area contributed by atoms with E-state index in [2.05, 4.69) is 10.3 Å². The Morgan fingerprint density at radius 3 is 3.10 bits per heavy atom. The highest BCUT2D eigenvalue weighted by Gasteiger charge is 2.25. The molecule has 0 aliphatic carbocycles. The van der Waals surface area contributed by atoms with E-state index in [0.717, 1.165) is 17.9 Å². The SMILES string of the molecule is CC(C)(CO)NC(=O)c1cccnc1O[C@@H]1CCSC1. The van der Waals surface area contributed by atoms with E-state index in [0.29, 0.717) is 11.4 Å². The molecule has 1 aromatic rings. The van der Waals surface area contributed by atoms with Gasteiger partial charge in [-0.15, -0.1) is 0 Å². The van der Waals surface area contributed by atoms with Gasteiger partial charge in [-0.25, -0.2) is 4.98 Å². The number of aromatic nitrogens is 1. The molecule has 0 spiro atoms. The molecule has 6 heteroatoms. The monoisotopic (exact) mass is 296 g/mol. The van der Waals surface area contributed by atoms with E-state index in [1.54, 1.807) is 32.2 Å². The summed E-state index contributed by atoms with van der Waals surface area (Å²) >= 11 is 1.84. The van der Waals surface area contributed by atoms with Gasteiger partial charge in [-0.1, -0.05) is 0 Å². The lowest BCUT2D eigenvalue weighted by Gasteiger charge is -2.24. The first-order chi connectivity index (χ1) is 9.52. The third-order valence-corrected chi connectivity index (χ3v) is 4.16. The third kappa shape index (κ3) is 3.86. The highest BCUT2D eigenvalue weighted by atomic mass is 32.2. The molecule has 1 aliphatic rings. The Bertz CT molecular complexity index is 473. The lowest BCUT2D eigenvalue weighted by Crippen LogP contribution is -2.46. The zero-order valence-electron chi connectivity index (χ0n) is 11.8. The Kier molecular flexibility index (Phi) is 4.88. The van der Waals surface area contributed by atoms with Gasteiger partial charge >= 0.3 is 0 Å². The van der Waals surface area contributed by atoms with Gasteiger partial charge in [-0.3, -0.25) is 4.79 Å². The molecular weight excluding hydrogens is 276 g/mol. The smallest absolute Gasteiger partial charge is 0.257 e. The van der Waals surface area contributed by atoms with E-state index in [9.17, 15) is 9.90 Å². The second-order valence-corrected chi connectivity index (χ2v) is 6.61. The van der Waals surface area contributed by atoms with Crippen LogP contribution >= 0.6 is 11.8 Å². The number of hydrogen-bond donors (Lipinski definition) is 2. The Balaban J connectivity index is 2.12. The van der Waals surface area contributed by atoms with E-state index in [-0.39, 0.29) is 18.6 Å². The lowest BCUT2D eigenvalue weighted by molar-refractivity contribution is 0.0862. The molecule has 110 valence electrons. The van der Waals surface area contributed by atoms with E-state index in [1.807, 2.05) is 11.8 Å². The zero-order chi connectivity index (χ0) is 14.6. The Morgan fingerprint density at radius 1 is 1.65 bits per heavy atom. The number of carbonyl (C=O) groups excluding carboxylic acids is 1. The summed E-state index contributed by atoms with van der Waals surface area (Å²) in [6.07, 6.45) is 2.71. The first-order valence-electron chi connectivity index (χ1n) is 6.64. The molecule has 0 radical (unpaired) electrons. The number of rotatable bonds is 5. The van der Waals surface area contributed by atoms with Crippen LogP contribution in [0.4, 0.5) is 0 Å². The predicted octanol–water partition coefficient (Wildman–Crippen LogP) is 1.47. The van der Waals surface area contributed by atoms with Crippen molar-refractivity contribution in [2.75, 3.05) is 18.1 Å². The van der Waals surface area contributed by atoms with Crippen LogP contribution in [0, 0.1) is 0 Å². The molecule has 1 amide bonds. The Hall–Kier alpha value is -1.27. The van der Waals surface area contributed by atoms with Gasteiger partial charge in [-0.05, 0) is 38.2 Å². The van der Waals surface area contributed by atoms with Gasteiger partial charge in [0.25, 0.3) is 5.91 Å². The van der Waals surface area contributed by atoms with Crippen LogP contribution in [0.15, 0.2) is 18.3 Å². The maximum absolute atomic E-state index is 12.3. The molecule has 0 unspecified atom stereocenters. The number of aliphatic hydroxyl groups excluding tert-OH is 1. The Labute approximate surface area is 123 Å². The summed E-state index contributed by atoms with van der Waals surface area (Å²) in [7, 11) is 0. The first-order valence-corrected chi connectivity index (χ1v) is 7.80. The predicted molar refractivity (Wildman–Crippen MR) is 79.2 cm³/mol. The first kappa shape index (κ1) is 15.1. The maximum atomic E-state index is 12.3. The Morgan fingerprint density at radius 2 is 2.45 bits per heavy atom. The highest BCUT2D eigenvalue weighted by Crippen LogP contribution is 2.24. The van der Waals surface area contributed by atoms with Crippen molar-refractivity contribution < 1.29 is 14.6 Å². The van der Waals surface area contributed by atoms with Crippen molar-refractivity contribution >= 4 is 17.7 Å². The molecule has 1 aromatic heterocycles. The highest BCUT2D eigenvalue weighted by molar-refractivity contribution is 7.99. The number of aliphatic hydroxyl groups is 1. The number of hydrogen-bond acceptors (Lipinski definition) is 5. The van der Waals surface area contributed by atoms with Crippen molar-refractivity contribution in [3.8, 4) is 5.88 Å². The average Bonchev–Trinajstić information content (AvgIpc) is 2.92. The van der Waals surface area contributed by atoms with Gasteiger partial charge in [0.15, 0.2) is 0 Å². The summed E-state index contributed by atoms with van der Waals surface area (Å²) < 4.78 is 5.82. The molecule has 20 heavy (non-hydrogen) atoms.